The van der Waals surface area contributed by atoms with Gasteiger partial charge in [0.2, 0.25) is 5.95 Å². The Morgan fingerprint density at radius 1 is 1.39 bits per heavy atom. The van der Waals surface area contributed by atoms with Gasteiger partial charge in [0.1, 0.15) is 6.54 Å². The van der Waals surface area contributed by atoms with Crippen LogP contribution in [0.4, 0.5) is 19.1 Å². The zero-order valence-electron chi connectivity index (χ0n) is 10.3. The molecule has 0 unspecified atom stereocenters. The summed E-state index contributed by atoms with van der Waals surface area (Å²) in [5.41, 5.74) is 1.01. The molecule has 0 aliphatic carbocycles. The van der Waals surface area contributed by atoms with E-state index in [-0.39, 0.29) is 19.1 Å². The molecule has 1 N–H and O–H groups in total. The second-order valence-electron chi connectivity index (χ2n) is 3.98. The number of nitrogens with zero attached hydrogens (tertiary/aromatic N) is 3. The van der Waals surface area contributed by atoms with Gasteiger partial charge in [0.05, 0.1) is 6.61 Å². The summed E-state index contributed by atoms with van der Waals surface area (Å²) in [6.45, 7) is 2.36. The molecule has 0 atom stereocenters. The topological polar surface area (TPSA) is 49.2 Å². The average Bonchev–Trinajstić information content (AvgIpc) is 2.26. The molecule has 1 heterocycles. The van der Waals surface area contributed by atoms with Crippen LogP contribution in [0.15, 0.2) is 6.20 Å². The second-order valence-corrected chi connectivity index (χ2v) is 3.98. The first-order chi connectivity index (χ1) is 8.37. The number of hydrogen-bond donors (Lipinski definition) is 1. The third-order valence-electron chi connectivity index (χ3n) is 2.39. The Morgan fingerprint density at radius 3 is 2.50 bits per heavy atom. The highest BCUT2D eigenvalue weighted by Crippen LogP contribution is 2.20. The molecule has 1 rings (SSSR count). The van der Waals surface area contributed by atoms with Crippen molar-refractivity contribution in [2.45, 2.75) is 33.1 Å². The minimum Gasteiger partial charge on any atom is -0.392 e. The summed E-state index contributed by atoms with van der Waals surface area (Å²) in [4.78, 5) is 8.96. The average molecular weight is 263 g/mol. The third-order valence-corrected chi connectivity index (χ3v) is 2.39. The maximum atomic E-state index is 12.4. The summed E-state index contributed by atoms with van der Waals surface area (Å²) < 4.78 is 37.3. The smallest absolute Gasteiger partial charge is 0.392 e. The molecule has 0 spiro atoms. The number of aryl methyl sites for hydroxylation is 1. The van der Waals surface area contributed by atoms with Crippen molar-refractivity contribution >= 4 is 5.95 Å². The Kier molecular flexibility index (Phi) is 4.89. The van der Waals surface area contributed by atoms with Crippen LogP contribution in [0.25, 0.3) is 0 Å². The first-order valence-electron chi connectivity index (χ1n) is 5.62. The van der Waals surface area contributed by atoms with E-state index in [4.69, 9.17) is 5.11 Å². The van der Waals surface area contributed by atoms with Crippen LogP contribution >= 0.6 is 0 Å². The zero-order chi connectivity index (χ0) is 13.8. The van der Waals surface area contributed by atoms with Gasteiger partial charge in [-0.2, -0.15) is 13.2 Å². The summed E-state index contributed by atoms with van der Waals surface area (Å²) in [6, 6.07) is 0. The molecule has 4 nitrogen and oxygen atoms in total. The van der Waals surface area contributed by atoms with Crippen LogP contribution in [0.2, 0.25) is 0 Å². The third kappa shape index (κ3) is 4.14. The minimum absolute atomic E-state index is 0.0453. The van der Waals surface area contributed by atoms with Crippen LogP contribution in [-0.4, -0.2) is 34.3 Å². The molecule has 0 bridgehead atoms. The Balaban J connectivity index is 2.95. The number of hydrogen-bond acceptors (Lipinski definition) is 4. The largest absolute Gasteiger partial charge is 0.406 e. The van der Waals surface area contributed by atoms with Crippen LogP contribution in [0.3, 0.4) is 0 Å². The van der Waals surface area contributed by atoms with E-state index in [0.29, 0.717) is 17.7 Å². The van der Waals surface area contributed by atoms with Crippen LogP contribution in [0.1, 0.15) is 24.6 Å². The Labute approximate surface area is 103 Å². The van der Waals surface area contributed by atoms with E-state index in [0.717, 1.165) is 4.90 Å². The van der Waals surface area contributed by atoms with E-state index >= 15 is 0 Å². The molecule has 1 aromatic heterocycles. The highest BCUT2D eigenvalue weighted by atomic mass is 19.4. The maximum Gasteiger partial charge on any atom is 0.406 e. The molecule has 0 aromatic carbocycles. The van der Waals surface area contributed by atoms with E-state index in [1.807, 2.05) is 0 Å². The lowest BCUT2D eigenvalue weighted by molar-refractivity contribution is -0.119. The molecular weight excluding hydrogens is 247 g/mol. The van der Waals surface area contributed by atoms with Crippen molar-refractivity contribution in [1.29, 1.82) is 0 Å². The van der Waals surface area contributed by atoms with Gasteiger partial charge >= 0.3 is 6.18 Å². The standard InChI is InChI=1S/C11H16F3N3O/c1-3-4-17(7-11(12,13)14)10-15-5-9(6-18)8(2)16-10/h5,18H,3-4,6-7H2,1-2H3. The van der Waals surface area contributed by atoms with Crippen LogP contribution in [-0.2, 0) is 6.61 Å². The van der Waals surface area contributed by atoms with Gasteiger partial charge in [-0.25, -0.2) is 9.97 Å². The molecule has 0 fully saturated rings. The van der Waals surface area contributed by atoms with E-state index in [1.165, 1.54) is 6.20 Å². The lowest BCUT2D eigenvalue weighted by Crippen LogP contribution is -2.36. The Bertz CT molecular complexity index is 396. The van der Waals surface area contributed by atoms with Gasteiger partial charge in [-0.3, -0.25) is 0 Å². The number of anilines is 1. The van der Waals surface area contributed by atoms with Crippen molar-refractivity contribution in [1.82, 2.24) is 9.97 Å². The van der Waals surface area contributed by atoms with Gasteiger partial charge in [-0.05, 0) is 13.3 Å². The molecule has 7 heteroatoms. The highest BCUT2D eigenvalue weighted by molar-refractivity contribution is 5.33. The fraction of sp³-hybridized carbons (Fsp3) is 0.636. The molecule has 0 saturated carbocycles. The van der Waals surface area contributed by atoms with Crippen molar-refractivity contribution in [2.24, 2.45) is 0 Å². The summed E-state index contributed by atoms with van der Waals surface area (Å²) in [6.07, 6.45) is -2.36. The number of halogens is 3. The predicted molar refractivity (Wildman–Crippen MR) is 61.3 cm³/mol. The summed E-state index contributed by atoms with van der Waals surface area (Å²) in [5.74, 6) is 0.0453. The maximum absolute atomic E-state index is 12.4. The van der Waals surface area contributed by atoms with E-state index in [2.05, 4.69) is 9.97 Å². The van der Waals surface area contributed by atoms with E-state index < -0.39 is 12.7 Å². The summed E-state index contributed by atoms with van der Waals surface area (Å²) in [7, 11) is 0. The quantitative estimate of drug-likeness (QED) is 0.883. The van der Waals surface area contributed by atoms with E-state index in [1.54, 1.807) is 13.8 Å². The van der Waals surface area contributed by atoms with Gasteiger partial charge in [0, 0.05) is 24.0 Å². The number of rotatable bonds is 5. The molecule has 0 aliphatic rings. The number of aliphatic hydroxyl groups is 1. The molecule has 1 aromatic rings. The fourth-order valence-corrected chi connectivity index (χ4v) is 1.52. The molecule has 0 saturated heterocycles. The molecule has 0 amide bonds. The second kappa shape index (κ2) is 5.99. The van der Waals surface area contributed by atoms with Gasteiger partial charge in [0.25, 0.3) is 0 Å². The Hall–Kier alpha value is -1.37. The SMILES string of the molecule is CCCN(CC(F)(F)F)c1ncc(CO)c(C)n1. The van der Waals surface area contributed by atoms with Crippen LogP contribution < -0.4 is 4.90 Å². The number of aliphatic hydroxyl groups excluding tert-OH is 1. The first kappa shape index (κ1) is 14.7. The monoisotopic (exact) mass is 263 g/mol. The van der Waals surface area contributed by atoms with Crippen molar-refractivity contribution in [2.75, 3.05) is 18.0 Å². The van der Waals surface area contributed by atoms with Crippen LogP contribution in [0, 0.1) is 6.92 Å². The van der Waals surface area contributed by atoms with Gasteiger partial charge in [0.15, 0.2) is 0 Å². The van der Waals surface area contributed by atoms with Crippen molar-refractivity contribution in [3.63, 3.8) is 0 Å². The van der Waals surface area contributed by atoms with Gasteiger partial charge in [-0.1, -0.05) is 6.92 Å². The van der Waals surface area contributed by atoms with Gasteiger partial charge < -0.3 is 10.0 Å². The highest BCUT2D eigenvalue weighted by Gasteiger charge is 2.31. The molecule has 102 valence electrons. The lowest BCUT2D eigenvalue weighted by Gasteiger charge is -2.23. The molecular formula is C11H16F3N3O. The molecule has 0 radical (unpaired) electrons. The number of aromatic nitrogens is 2. The lowest BCUT2D eigenvalue weighted by atomic mass is 10.2. The van der Waals surface area contributed by atoms with Gasteiger partial charge in [-0.15, -0.1) is 0 Å². The minimum atomic E-state index is -4.29. The predicted octanol–water partition coefficient (Wildman–Crippen LogP) is 2.06. The zero-order valence-corrected chi connectivity index (χ0v) is 10.3. The van der Waals surface area contributed by atoms with Crippen molar-refractivity contribution in [3.05, 3.63) is 17.5 Å². The molecule has 0 aliphatic heterocycles. The fourth-order valence-electron chi connectivity index (χ4n) is 1.52. The number of alkyl halides is 3. The van der Waals surface area contributed by atoms with Crippen molar-refractivity contribution in [3.8, 4) is 0 Å². The Morgan fingerprint density at radius 2 is 2.06 bits per heavy atom. The van der Waals surface area contributed by atoms with E-state index in [9.17, 15) is 13.2 Å². The van der Waals surface area contributed by atoms with Crippen LogP contribution in [0.5, 0.6) is 0 Å². The normalized spacial score (nSPS) is 11.7. The summed E-state index contributed by atoms with van der Waals surface area (Å²) in [5, 5.41) is 8.96. The summed E-state index contributed by atoms with van der Waals surface area (Å²) >= 11 is 0. The van der Waals surface area contributed by atoms with Crippen molar-refractivity contribution < 1.29 is 18.3 Å². The first-order valence-corrected chi connectivity index (χ1v) is 5.62. The molecule has 18 heavy (non-hydrogen) atoms.